The molecule has 0 aliphatic carbocycles. The van der Waals surface area contributed by atoms with Gasteiger partial charge >= 0.3 is 5.97 Å². The normalized spacial score (nSPS) is 15.0. The van der Waals surface area contributed by atoms with Crippen LogP contribution in [0.4, 0.5) is 5.69 Å². The number of carboxylic acid groups (broad SMARTS) is 1. The van der Waals surface area contributed by atoms with Crippen molar-refractivity contribution in [3.05, 3.63) is 54.1 Å². The standard InChI is InChI=1S/C17H17NO3/c19-17(20)16-4-2-1-3-15(16)13-5-7-14(8-6-13)18-9-11-21-12-10-18/h1-8H,9-12H2,(H,19,20). The lowest BCUT2D eigenvalue weighted by molar-refractivity contribution is 0.0697. The number of rotatable bonds is 3. The first-order chi connectivity index (χ1) is 10.3. The van der Waals surface area contributed by atoms with Crippen molar-refractivity contribution in [1.82, 2.24) is 0 Å². The van der Waals surface area contributed by atoms with Crippen molar-refractivity contribution in [3.8, 4) is 11.1 Å². The van der Waals surface area contributed by atoms with Crippen molar-refractivity contribution >= 4 is 11.7 Å². The summed E-state index contributed by atoms with van der Waals surface area (Å²) in [5, 5.41) is 9.26. The molecule has 1 N–H and O–H groups in total. The molecule has 1 fully saturated rings. The molecule has 0 aromatic heterocycles. The summed E-state index contributed by atoms with van der Waals surface area (Å²) in [6.07, 6.45) is 0. The van der Waals surface area contributed by atoms with Gasteiger partial charge in [-0.25, -0.2) is 4.79 Å². The smallest absolute Gasteiger partial charge is 0.336 e. The molecule has 21 heavy (non-hydrogen) atoms. The van der Waals surface area contributed by atoms with E-state index < -0.39 is 5.97 Å². The number of benzene rings is 2. The predicted octanol–water partition coefficient (Wildman–Crippen LogP) is 2.89. The first-order valence-corrected chi connectivity index (χ1v) is 7.01. The average Bonchev–Trinajstić information content (AvgIpc) is 2.56. The highest BCUT2D eigenvalue weighted by molar-refractivity contribution is 5.96. The molecule has 0 radical (unpaired) electrons. The summed E-state index contributed by atoms with van der Waals surface area (Å²) < 4.78 is 5.35. The summed E-state index contributed by atoms with van der Waals surface area (Å²) in [5.74, 6) is -0.900. The zero-order valence-electron chi connectivity index (χ0n) is 11.7. The quantitative estimate of drug-likeness (QED) is 0.941. The van der Waals surface area contributed by atoms with Crippen LogP contribution in [0.25, 0.3) is 11.1 Å². The molecule has 108 valence electrons. The predicted molar refractivity (Wildman–Crippen MR) is 81.9 cm³/mol. The van der Waals surface area contributed by atoms with Gasteiger partial charge in [-0.2, -0.15) is 0 Å². The largest absolute Gasteiger partial charge is 0.478 e. The lowest BCUT2D eigenvalue weighted by Crippen LogP contribution is -2.36. The maximum Gasteiger partial charge on any atom is 0.336 e. The minimum Gasteiger partial charge on any atom is -0.478 e. The topological polar surface area (TPSA) is 49.8 Å². The third kappa shape index (κ3) is 2.90. The van der Waals surface area contributed by atoms with Gasteiger partial charge in [-0.15, -0.1) is 0 Å². The number of anilines is 1. The second-order valence-corrected chi connectivity index (χ2v) is 5.00. The van der Waals surface area contributed by atoms with Gasteiger partial charge in [-0.05, 0) is 29.3 Å². The van der Waals surface area contributed by atoms with Gasteiger partial charge in [0.2, 0.25) is 0 Å². The summed E-state index contributed by atoms with van der Waals surface area (Å²) in [7, 11) is 0. The van der Waals surface area contributed by atoms with Crippen LogP contribution in [-0.4, -0.2) is 37.4 Å². The molecule has 4 nitrogen and oxygen atoms in total. The lowest BCUT2D eigenvalue weighted by Gasteiger charge is -2.29. The summed E-state index contributed by atoms with van der Waals surface area (Å²) in [6, 6.07) is 15.1. The Kier molecular flexibility index (Phi) is 3.88. The summed E-state index contributed by atoms with van der Waals surface area (Å²) in [4.78, 5) is 13.6. The Balaban J connectivity index is 1.89. The number of carbonyl (C=O) groups is 1. The van der Waals surface area contributed by atoms with Crippen LogP contribution in [0.1, 0.15) is 10.4 Å². The molecule has 0 amide bonds. The van der Waals surface area contributed by atoms with Crippen LogP contribution in [0, 0.1) is 0 Å². The van der Waals surface area contributed by atoms with E-state index >= 15 is 0 Å². The van der Waals surface area contributed by atoms with Gasteiger partial charge in [0, 0.05) is 18.8 Å². The van der Waals surface area contributed by atoms with Crippen molar-refractivity contribution in [2.75, 3.05) is 31.2 Å². The molecular formula is C17H17NO3. The number of carboxylic acids is 1. The Bertz CT molecular complexity index is 631. The molecule has 0 bridgehead atoms. The second kappa shape index (κ2) is 5.97. The molecule has 0 saturated carbocycles. The second-order valence-electron chi connectivity index (χ2n) is 5.00. The van der Waals surface area contributed by atoms with E-state index in [0.717, 1.165) is 43.1 Å². The Morgan fingerprint density at radius 1 is 1.00 bits per heavy atom. The third-order valence-electron chi connectivity index (χ3n) is 3.71. The van der Waals surface area contributed by atoms with Crippen molar-refractivity contribution < 1.29 is 14.6 Å². The fourth-order valence-corrected chi connectivity index (χ4v) is 2.59. The number of nitrogens with zero attached hydrogens (tertiary/aromatic N) is 1. The summed E-state index contributed by atoms with van der Waals surface area (Å²) in [5.41, 5.74) is 3.15. The SMILES string of the molecule is O=C(O)c1ccccc1-c1ccc(N2CCOCC2)cc1. The number of ether oxygens (including phenoxy) is 1. The highest BCUT2D eigenvalue weighted by Crippen LogP contribution is 2.26. The summed E-state index contributed by atoms with van der Waals surface area (Å²) in [6.45, 7) is 3.29. The molecule has 4 heteroatoms. The van der Waals surface area contributed by atoms with Crippen LogP contribution in [0.15, 0.2) is 48.5 Å². The van der Waals surface area contributed by atoms with E-state index in [0.29, 0.717) is 5.56 Å². The van der Waals surface area contributed by atoms with Gasteiger partial charge in [0.1, 0.15) is 0 Å². The Morgan fingerprint density at radius 3 is 2.33 bits per heavy atom. The zero-order valence-corrected chi connectivity index (χ0v) is 11.7. The van der Waals surface area contributed by atoms with Crippen LogP contribution < -0.4 is 4.90 Å². The van der Waals surface area contributed by atoms with Gasteiger partial charge < -0.3 is 14.7 Å². The van der Waals surface area contributed by atoms with Crippen LogP contribution in [0.5, 0.6) is 0 Å². The molecule has 0 atom stereocenters. The van der Waals surface area contributed by atoms with E-state index in [1.165, 1.54) is 0 Å². The van der Waals surface area contributed by atoms with Gasteiger partial charge in [-0.3, -0.25) is 0 Å². The molecule has 2 aromatic rings. The first kappa shape index (κ1) is 13.6. The molecule has 1 aliphatic heterocycles. The van der Waals surface area contributed by atoms with E-state index in [2.05, 4.69) is 4.90 Å². The number of aromatic carboxylic acids is 1. The minimum absolute atomic E-state index is 0.330. The van der Waals surface area contributed by atoms with Gasteiger partial charge in [0.05, 0.1) is 18.8 Å². The van der Waals surface area contributed by atoms with E-state index in [-0.39, 0.29) is 0 Å². The number of hydrogen-bond acceptors (Lipinski definition) is 3. The molecule has 0 spiro atoms. The lowest BCUT2D eigenvalue weighted by atomic mass is 9.99. The van der Waals surface area contributed by atoms with Gasteiger partial charge in [-0.1, -0.05) is 30.3 Å². The first-order valence-electron chi connectivity index (χ1n) is 7.01. The highest BCUT2D eigenvalue weighted by atomic mass is 16.5. The molecule has 1 aliphatic rings. The van der Waals surface area contributed by atoms with Crippen molar-refractivity contribution in [1.29, 1.82) is 0 Å². The third-order valence-corrected chi connectivity index (χ3v) is 3.71. The Morgan fingerprint density at radius 2 is 1.67 bits per heavy atom. The maximum absolute atomic E-state index is 11.3. The van der Waals surface area contributed by atoms with E-state index in [1.54, 1.807) is 12.1 Å². The fraction of sp³-hybridized carbons (Fsp3) is 0.235. The molecule has 0 unspecified atom stereocenters. The fourth-order valence-electron chi connectivity index (χ4n) is 2.59. The molecule has 1 heterocycles. The van der Waals surface area contributed by atoms with Crippen molar-refractivity contribution in [2.45, 2.75) is 0 Å². The monoisotopic (exact) mass is 283 g/mol. The zero-order chi connectivity index (χ0) is 14.7. The van der Waals surface area contributed by atoms with E-state index in [9.17, 15) is 9.90 Å². The van der Waals surface area contributed by atoms with Gasteiger partial charge in [0.15, 0.2) is 0 Å². The number of hydrogen-bond donors (Lipinski definition) is 1. The molecule has 3 rings (SSSR count). The Hall–Kier alpha value is -2.33. The van der Waals surface area contributed by atoms with Crippen LogP contribution in [0.3, 0.4) is 0 Å². The van der Waals surface area contributed by atoms with E-state index in [1.807, 2.05) is 36.4 Å². The summed E-state index contributed by atoms with van der Waals surface area (Å²) >= 11 is 0. The Labute approximate surface area is 123 Å². The number of morpholine rings is 1. The molecule has 1 saturated heterocycles. The van der Waals surface area contributed by atoms with Crippen molar-refractivity contribution in [3.63, 3.8) is 0 Å². The van der Waals surface area contributed by atoms with Crippen molar-refractivity contribution in [2.24, 2.45) is 0 Å². The van der Waals surface area contributed by atoms with Crippen LogP contribution in [0.2, 0.25) is 0 Å². The van der Waals surface area contributed by atoms with Crippen LogP contribution >= 0.6 is 0 Å². The van der Waals surface area contributed by atoms with E-state index in [4.69, 9.17) is 4.74 Å². The minimum atomic E-state index is -0.900. The average molecular weight is 283 g/mol. The van der Waals surface area contributed by atoms with Gasteiger partial charge in [0.25, 0.3) is 0 Å². The van der Waals surface area contributed by atoms with Crippen LogP contribution in [-0.2, 0) is 4.74 Å². The molecular weight excluding hydrogens is 266 g/mol. The molecule has 2 aromatic carbocycles. The maximum atomic E-state index is 11.3. The highest BCUT2D eigenvalue weighted by Gasteiger charge is 2.13.